The van der Waals surface area contributed by atoms with Gasteiger partial charge in [-0.05, 0) is 31.6 Å². The summed E-state index contributed by atoms with van der Waals surface area (Å²) in [7, 11) is 0. The second kappa shape index (κ2) is 4.24. The van der Waals surface area contributed by atoms with Gasteiger partial charge in [0.25, 0.3) is 0 Å². The van der Waals surface area contributed by atoms with E-state index in [0.717, 1.165) is 12.5 Å². The van der Waals surface area contributed by atoms with Crippen molar-refractivity contribution in [2.75, 3.05) is 19.7 Å². The Kier molecular flexibility index (Phi) is 3.26. The molecule has 2 rings (SSSR count). The molecule has 1 heterocycles. The number of halogens is 1. The topological polar surface area (TPSA) is 12.5 Å². The molecule has 0 aromatic carbocycles. The van der Waals surface area contributed by atoms with Crippen LogP contribution in [0.2, 0.25) is 0 Å². The minimum absolute atomic E-state index is 0.566. The quantitative estimate of drug-likeness (QED) is 0.581. The Hall–Kier alpha value is 0.650. The highest BCUT2D eigenvalue weighted by Gasteiger charge is 2.24. The molecule has 3 heteroatoms. The predicted octanol–water partition coefficient (Wildman–Crippen LogP) is 2.23. The van der Waals surface area contributed by atoms with Crippen molar-refractivity contribution in [1.29, 1.82) is 0 Å². The maximum Gasteiger partial charge on any atom is 0.0600 e. The van der Waals surface area contributed by atoms with Crippen LogP contribution in [0.1, 0.15) is 25.7 Å². The van der Waals surface area contributed by atoms with Gasteiger partial charge in [0, 0.05) is 42.6 Å². The zero-order valence-corrected chi connectivity index (χ0v) is 9.50. The zero-order valence-electron chi connectivity index (χ0n) is 7.34. The van der Waals surface area contributed by atoms with Crippen LogP contribution in [0.15, 0.2) is 0 Å². The van der Waals surface area contributed by atoms with Gasteiger partial charge >= 0.3 is 0 Å². The number of nitrogens with zero attached hydrogens (tertiary/aromatic N) is 1. The van der Waals surface area contributed by atoms with Crippen molar-refractivity contribution in [1.82, 2.24) is 3.11 Å². The van der Waals surface area contributed by atoms with Crippen molar-refractivity contribution >= 4 is 22.9 Å². The molecule has 1 aliphatic heterocycles. The molecule has 0 atom stereocenters. The molecule has 1 saturated heterocycles. The molecule has 2 fully saturated rings. The fourth-order valence-corrected chi connectivity index (χ4v) is 2.10. The van der Waals surface area contributed by atoms with Crippen molar-refractivity contribution in [2.24, 2.45) is 5.92 Å². The molecule has 70 valence electrons. The van der Waals surface area contributed by atoms with Gasteiger partial charge in [-0.2, -0.15) is 0 Å². The van der Waals surface area contributed by atoms with Gasteiger partial charge in [0.1, 0.15) is 0 Å². The van der Waals surface area contributed by atoms with Gasteiger partial charge in [-0.3, -0.25) is 0 Å². The second-order valence-corrected chi connectivity index (χ2v) is 5.25. The molecular weight excluding hydrogens is 265 g/mol. The van der Waals surface area contributed by atoms with Crippen LogP contribution in [0, 0.1) is 5.92 Å². The first kappa shape index (κ1) is 9.21. The van der Waals surface area contributed by atoms with E-state index in [4.69, 9.17) is 4.74 Å². The summed E-state index contributed by atoms with van der Waals surface area (Å²) in [5.74, 6) is 0.919. The van der Waals surface area contributed by atoms with Crippen LogP contribution >= 0.6 is 22.9 Å². The van der Waals surface area contributed by atoms with E-state index in [9.17, 15) is 0 Å². The summed E-state index contributed by atoms with van der Waals surface area (Å²) in [5.41, 5.74) is 0. The molecule has 2 nitrogen and oxygen atoms in total. The fourth-order valence-electron chi connectivity index (χ4n) is 1.55. The van der Waals surface area contributed by atoms with Gasteiger partial charge in [0.05, 0.1) is 6.10 Å². The lowest BCUT2D eigenvalue weighted by Gasteiger charge is -2.27. The van der Waals surface area contributed by atoms with E-state index in [-0.39, 0.29) is 0 Å². The van der Waals surface area contributed by atoms with Gasteiger partial charge < -0.3 is 4.74 Å². The van der Waals surface area contributed by atoms with Crippen molar-refractivity contribution in [3.05, 3.63) is 0 Å². The molecule has 2 aliphatic rings. The molecule has 0 bridgehead atoms. The Balaban J connectivity index is 1.60. The maximum atomic E-state index is 5.83. The molecule has 12 heavy (non-hydrogen) atoms. The SMILES string of the molecule is IN1CCC(OCC2CC2)CC1. The van der Waals surface area contributed by atoms with Crippen LogP contribution < -0.4 is 0 Å². The number of hydrogen-bond acceptors (Lipinski definition) is 2. The van der Waals surface area contributed by atoms with Crippen LogP contribution in [0.4, 0.5) is 0 Å². The molecule has 1 aliphatic carbocycles. The average Bonchev–Trinajstić information content (AvgIpc) is 2.87. The van der Waals surface area contributed by atoms with Gasteiger partial charge in [0.2, 0.25) is 0 Å². The Bertz CT molecular complexity index is 141. The van der Waals surface area contributed by atoms with Crippen LogP contribution in [-0.4, -0.2) is 28.9 Å². The molecule has 0 N–H and O–H groups in total. The molecule has 0 amide bonds. The Morgan fingerprint density at radius 1 is 1.17 bits per heavy atom. The van der Waals surface area contributed by atoms with Gasteiger partial charge in [0.15, 0.2) is 0 Å². The standard InChI is InChI=1S/C9H16INO/c10-11-5-3-9(4-6-11)12-7-8-1-2-8/h8-9H,1-7H2. The summed E-state index contributed by atoms with van der Waals surface area (Å²) in [6.45, 7) is 3.44. The summed E-state index contributed by atoms with van der Waals surface area (Å²) in [6, 6.07) is 0. The summed E-state index contributed by atoms with van der Waals surface area (Å²) in [6.07, 6.45) is 5.85. The lowest BCUT2D eigenvalue weighted by molar-refractivity contribution is 0.0187. The lowest BCUT2D eigenvalue weighted by atomic mass is 10.1. The van der Waals surface area contributed by atoms with E-state index in [1.54, 1.807) is 0 Å². The number of rotatable bonds is 3. The highest BCUT2D eigenvalue weighted by atomic mass is 127. The van der Waals surface area contributed by atoms with Crippen LogP contribution in [0.25, 0.3) is 0 Å². The van der Waals surface area contributed by atoms with Crippen LogP contribution in [0.3, 0.4) is 0 Å². The third kappa shape index (κ3) is 2.85. The Morgan fingerprint density at radius 3 is 2.42 bits per heavy atom. The molecule has 0 radical (unpaired) electrons. The average molecular weight is 281 g/mol. The normalized spacial score (nSPS) is 27.8. The minimum Gasteiger partial charge on any atom is -0.378 e. The smallest absolute Gasteiger partial charge is 0.0600 e. The summed E-state index contributed by atoms with van der Waals surface area (Å²) < 4.78 is 8.18. The fraction of sp³-hybridized carbons (Fsp3) is 1.00. The van der Waals surface area contributed by atoms with E-state index >= 15 is 0 Å². The number of ether oxygens (including phenoxy) is 1. The Labute approximate surface area is 88.1 Å². The maximum absolute atomic E-state index is 5.83. The van der Waals surface area contributed by atoms with Crippen molar-refractivity contribution < 1.29 is 4.74 Å². The molecule has 0 aromatic rings. The molecule has 0 spiro atoms. The molecule has 0 unspecified atom stereocenters. The largest absolute Gasteiger partial charge is 0.378 e. The monoisotopic (exact) mass is 281 g/mol. The zero-order chi connectivity index (χ0) is 8.39. The minimum atomic E-state index is 0.566. The first-order valence-corrected chi connectivity index (χ1v) is 5.83. The Morgan fingerprint density at radius 2 is 1.83 bits per heavy atom. The van der Waals surface area contributed by atoms with E-state index in [1.807, 2.05) is 0 Å². The van der Waals surface area contributed by atoms with Gasteiger partial charge in [-0.15, -0.1) is 0 Å². The van der Waals surface area contributed by atoms with Crippen molar-refractivity contribution in [2.45, 2.75) is 31.8 Å². The van der Waals surface area contributed by atoms with E-state index < -0.39 is 0 Å². The van der Waals surface area contributed by atoms with E-state index in [2.05, 4.69) is 26.0 Å². The number of piperidine rings is 1. The molecule has 0 aromatic heterocycles. The van der Waals surface area contributed by atoms with Gasteiger partial charge in [-0.25, -0.2) is 3.11 Å². The number of hydrogen-bond donors (Lipinski definition) is 0. The first-order valence-electron chi connectivity index (χ1n) is 4.87. The summed E-state index contributed by atoms with van der Waals surface area (Å²) in [4.78, 5) is 0. The van der Waals surface area contributed by atoms with Crippen molar-refractivity contribution in [3.8, 4) is 0 Å². The molecular formula is C9H16INO. The predicted molar refractivity (Wildman–Crippen MR) is 57.3 cm³/mol. The van der Waals surface area contributed by atoms with E-state index in [1.165, 1.54) is 38.8 Å². The van der Waals surface area contributed by atoms with Crippen LogP contribution in [-0.2, 0) is 4.74 Å². The lowest BCUT2D eigenvalue weighted by Crippen LogP contribution is -2.31. The van der Waals surface area contributed by atoms with Gasteiger partial charge in [-0.1, -0.05) is 0 Å². The molecule has 1 saturated carbocycles. The summed E-state index contributed by atoms with van der Waals surface area (Å²) in [5, 5.41) is 0. The first-order chi connectivity index (χ1) is 5.84. The highest BCUT2D eigenvalue weighted by molar-refractivity contribution is 14.1. The highest BCUT2D eigenvalue weighted by Crippen LogP contribution is 2.30. The summed E-state index contributed by atoms with van der Waals surface area (Å²) >= 11 is 2.40. The third-order valence-corrected chi connectivity index (χ3v) is 3.62. The van der Waals surface area contributed by atoms with E-state index in [0.29, 0.717) is 6.10 Å². The van der Waals surface area contributed by atoms with Crippen molar-refractivity contribution in [3.63, 3.8) is 0 Å². The third-order valence-electron chi connectivity index (χ3n) is 2.65. The van der Waals surface area contributed by atoms with Crippen LogP contribution in [0.5, 0.6) is 0 Å². The second-order valence-electron chi connectivity index (χ2n) is 3.89.